The molecule has 0 N–H and O–H groups in total. The molecule has 4 aromatic heterocycles. The van der Waals surface area contributed by atoms with E-state index in [1.54, 1.807) is 17.4 Å². The fraction of sp³-hybridized carbons (Fsp3) is 0.182. The number of aryl methyl sites for hydroxylation is 2. The van der Waals surface area contributed by atoms with Crippen LogP contribution in [0.1, 0.15) is 43.0 Å². The van der Waals surface area contributed by atoms with Crippen LogP contribution in [-0.4, -0.2) is 15.0 Å². The summed E-state index contributed by atoms with van der Waals surface area (Å²) in [4.78, 5) is 13.2. The molecule has 0 saturated heterocycles. The maximum Gasteiger partial charge on any atom is 0.0437 e. The SMILES string of the molecule is CCc1ccnc2c1C(C)(C)c1cc(F)c[c-]c1-2.Cc1cncc2sc3c(-c4ccccn4)[c-]ccc3c12.[Ir]. The molecule has 6 aromatic rings. The van der Waals surface area contributed by atoms with Crippen LogP contribution in [0.3, 0.4) is 0 Å². The standard InChI is InChI=1S/C17H11N2S.C16H15FN.Ir/c1-11-9-18-10-15-16(11)13-6-4-5-12(17(13)20-15)14-7-2-3-8-19-14;1-4-10-7-8-18-15-12-6-5-11(17)9-13(12)16(2,3)14(10)15;/h2-4,6-10H,1H3;5,7-9H,4H2,1-3H3;/q2*-1;. The summed E-state index contributed by atoms with van der Waals surface area (Å²) in [6.07, 6.45) is 8.48. The van der Waals surface area contributed by atoms with Gasteiger partial charge in [-0.15, -0.1) is 53.1 Å². The van der Waals surface area contributed by atoms with Crippen LogP contribution < -0.4 is 0 Å². The third kappa shape index (κ3) is 4.61. The molecule has 0 amide bonds. The van der Waals surface area contributed by atoms with E-state index in [1.807, 2.05) is 49.1 Å². The normalized spacial score (nSPS) is 12.8. The zero-order valence-electron chi connectivity index (χ0n) is 22.1. The number of nitrogens with zero attached hydrogens (tertiary/aromatic N) is 3. The Morgan fingerprint density at radius 1 is 1.00 bits per heavy atom. The first-order chi connectivity index (χ1) is 18.4. The molecule has 4 heterocycles. The van der Waals surface area contributed by atoms with Gasteiger partial charge in [0, 0.05) is 55.4 Å². The van der Waals surface area contributed by atoms with Crippen LogP contribution in [0.25, 0.3) is 42.7 Å². The molecule has 2 aromatic carbocycles. The molecule has 1 aliphatic carbocycles. The number of halogens is 1. The minimum Gasteiger partial charge on any atom is -0.305 e. The van der Waals surface area contributed by atoms with Crippen molar-refractivity contribution >= 4 is 31.5 Å². The van der Waals surface area contributed by atoms with Gasteiger partial charge in [-0.2, -0.15) is 11.3 Å². The molecule has 3 nitrogen and oxygen atoms in total. The first-order valence-corrected chi connectivity index (χ1v) is 13.5. The molecule has 0 bridgehead atoms. The summed E-state index contributed by atoms with van der Waals surface area (Å²) in [6.45, 7) is 8.51. The molecule has 0 saturated carbocycles. The van der Waals surface area contributed by atoms with Crippen LogP contribution in [0.4, 0.5) is 4.39 Å². The molecule has 0 unspecified atom stereocenters. The van der Waals surface area contributed by atoms with Crippen molar-refractivity contribution in [2.45, 2.75) is 39.5 Å². The van der Waals surface area contributed by atoms with Gasteiger partial charge in [0.1, 0.15) is 0 Å². The summed E-state index contributed by atoms with van der Waals surface area (Å²) in [5, 5.41) is 2.57. The van der Waals surface area contributed by atoms with Crippen molar-refractivity contribution in [1.82, 2.24) is 15.0 Å². The van der Waals surface area contributed by atoms with E-state index >= 15 is 0 Å². The monoisotopic (exact) mass is 708 g/mol. The fourth-order valence-corrected chi connectivity index (χ4v) is 6.79. The van der Waals surface area contributed by atoms with E-state index in [2.05, 4.69) is 66.9 Å². The van der Waals surface area contributed by atoms with Crippen molar-refractivity contribution in [3.8, 4) is 22.5 Å². The minimum atomic E-state index is -0.229. The van der Waals surface area contributed by atoms with Crippen LogP contribution >= 0.6 is 11.3 Å². The molecular formula is C33H26FIrN3S-2. The van der Waals surface area contributed by atoms with E-state index in [4.69, 9.17) is 0 Å². The van der Waals surface area contributed by atoms with Gasteiger partial charge in [-0.1, -0.05) is 49.4 Å². The van der Waals surface area contributed by atoms with Crippen LogP contribution in [0.5, 0.6) is 0 Å². The van der Waals surface area contributed by atoms with Crippen molar-refractivity contribution in [3.63, 3.8) is 0 Å². The zero-order chi connectivity index (χ0) is 26.4. The summed E-state index contributed by atoms with van der Waals surface area (Å²) >= 11 is 1.76. The molecule has 6 heteroatoms. The quantitative estimate of drug-likeness (QED) is 0.170. The second-order valence-electron chi connectivity index (χ2n) is 10.0. The van der Waals surface area contributed by atoms with Gasteiger partial charge >= 0.3 is 0 Å². The Morgan fingerprint density at radius 2 is 1.85 bits per heavy atom. The van der Waals surface area contributed by atoms with Crippen molar-refractivity contribution in [2.75, 3.05) is 0 Å². The van der Waals surface area contributed by atoms with Gasteiger partial charge in [-0.3, -0.25) is 9.37 Å². The van der Waals surface area contributed by atoms with Gasteiger partial charge in [0.05, 0.1) is 0 Å². The molecule has 0 aliphatic heterocycles. The Kier molecular flexibility index (Phi) is 7.47. The predicted molar refractivity (Wildman–Crippen MR) is 154 cm³/mol. The summed E-state index contributed by atoms with van der Waals surface area (Å²) < 4.78 is 15.9. The fourth-order valence-electron chi connectivity index (χ4n) is 5.54. The number of rotatable bonds is 2. The Balaban J connectivity index is 0.000000155. The molecular weight excluding hydrogens is 682 g/mol. The second-order valence-corrected chi connectivity index (χ2v) is 11.1. The van der Waals surface area contributed by atoms with Gasteiger partial charge in [0.25, 0.3) is 0 Å². The zero-order valence-corrected chi connectivity index (χ0v) is 25.3. The average molecular weight is 708 g/mol. The van der Waals surface area contributed by atoms with E-state index in [0.29, 0.717) is 0 Å². The maximum absolute atomic E-state index is 13.5. The average Bonchev–Trinajstić information content (AvgIpc) is 3.43. The largest absolute Gasteiger partial charge is 0.305 e. The number of fused-ring (bicyclic) bond motifs is 6. The summed E-state index contributed by atoms with van der Waals surface area (Å²) in [5.41, 5.74) is 8.49. The number of pyridine rings is 3. The van der Waals surface area contributed by atoms with Crippen molar-refractivity contribution in [2.24, 2.45) is 0 Å². The van der Waals surface area contributed by atoms with E-state index < -0.39 is 0 Å². The van der Waals surface area contributed by atoms with E-state index in [1.165, 1.54) is 42.9 Å². The third-order valence-corrected chi connectivity index (χ3v) is 8.47. The van der Waals surface area contributed by atoms with Crippen molar-refractivity contribution < 1.29 is 24.5 Å². The van der Waals surface area contributed by atoms with E-state index in [0.717, 1.165) is 34.5 Å². The van der Waals surface area contributed by atoms with E-state index in [9.17, 15) is 4.39 Å². The van der Waals surface area contributed by atoms with Gasteiger partial charge in [-0.25, -0.2) is 0 Å². The van der Waals surface area contributed by atoms with Gasteiger partial charge in [0.15, 0.2) is 0 Å². The molecule has 0 atom stereocenters. The summed E-state index contributed by atoms with van der Waals surface area (Å²) in [5.74, 6) is -0.229. The summed E-state index contributed by atoms with van der Waals surface area (Å²) in [7, 11) is 0. The van der Waals surface area contributed by atoms with Crippen LogP contribution in [-0.2, 0) is 31.9 Å². The van der Waals surface area contributed by atoms with Gasteiger partial charge in [0.2, 0.25) is 0 Å². The summed E-state index contributed by atoms with van der Waals surface area (Å²) in [6, 6.07) is 21.5. The Bertz CT molecular complexity index is 1810. The number of thiophene rings is 1. The van der Waals surface area contributed by atoms with Crippen LogP contribution in [0.15, 0.2) is 73.3 Å². The molecule has 1 aliphatic rings. The number of hydrogen-bond acceptors (Lipinski definition) is 4. The molecule has 39 heavy (non-hydrogen) atoms. The van der Waals surface area contributed by atoms with Crippen LogP contribution in [0, 0.1) is 24.9 Å². The first-order valence-electron chi connectivity index (χ1n) is 12.7. The number of hydrogen-bond donors (Lipinski definition) is 0. The van der Waals surface area contributed by atoms with Crippen molar-refractivity contribution in [3.05, 3.63) is 114 Å². The Morgan fingerprint density at radius 3 is 2.62 bits per heavy atom. The molecule has 1 radical (unpaired) electrons. The minimum absolute atomic E-state index is 0. The predicted octanol–water partition coefficient (Wildman–Crippen LogP) is 8.51. The second kappa shape index (κ2) is 10.7. The molecule has 0 fully saturated rings. The topological polar surface area (TPSA) is 38.7 Å². The molecule has 197 valence electrons. The number of benzene rings is 2. The van der Waals surface area contributed by atoms with E-state index in [-0.39, 0.29) is 31.3 Å². The van der Waals surface area contributed by atoms with Crippen molar-refractivity contribution in [1.29, 1.82) is 0 Å². The molecule has 0 spiro atoms. The van der Waals surface area contributed by atoms with Gasteiger partial charge < -0.3 is 9.97 Å². The third-order valence-electron chi connectivity index (χ3n) is 7.31. The maximum atomic E-state index is 13.5. The number of aromatic nitrogens is 3. The Hall–Kier alpha value is -3.31. The smallest absolute Gasteiger partial charge is 0.0437 e. The van der Waals surface area contributed by atoms with Crippen LogP contribution in [0.2, 0.25) is 0 Å². The first kappa shape index (κ1) is 27.3. The Labute approximate surface area is 245 Å². The molecule has 7 rings (SSSR count). The van der Waals surface area contributed by atoms with Gasteiger partial charge in [-0.05, 0) is 57.9 Å².